The van der Waals surface area contributed by atoms with E-state index in [0.717, 1.165) is 48.9 Å². The van der Waals surface area contributed by atoms with E-state index in [1.807, 2.05) is 6.07 Å². The monoisotopic (exact) mass is 322 g/mol. The average molecular weight is 322 g/mol. The van der Waals surface area contributed by atoms with Crippen molar-refractivity contribution in [3.8, 4) is 0 Å². The maximum absolute atomic E-state index is 4.81. The van der Waals surface area contributed by atoms with Gasteiger partial charge in [-0.25, -0.2) is 19.9 Å². The third-order valence-corrected chi connectivity index (χ3v) is 4.21. The predicted octanol–water partition coefficient (Wildman–Crippen LogP) is 2.39. The lowest BCUT2D eigenvalue weighted by Gasteiger charge is -2.24. The van der Waals surface area contributed by atoms with E-state index < -0.39 is 0 Å². The first-order chi connectivity index (χ1) is 11.8. The molecule has 6 nitrogen and oxygen atoms in total. The molecule has 0 spiro atoms. The van der Waals surface area contributed by atoms with Crippen molar-refractivity contribution in [1.82, 2.24) is 19.9 Å². The molecule has 1 aliphatic rings. The Kier molecular flexibility index (Phi) is 4.93. The van der Waals surface area contributed by atoms with Crippen molar-refractivity contribution in [3.63, 3.8) is 0 Å². The van der Waals surface area contributed by atoms with Gasteiger partial charge in [0, 0.05) is 37.2 Å². The molecule has 0 aliphatic heterocycles. The maximum Gasteiger partial charge on any atom is 0.179 e. The molecule has 2 aromatic heterocycles. The first-order valence-electron chi connectivity index (χ1n) is 8.27. The van der Waals surface area contributed by atoms with E-state index in [4.69, 9.17) is 9.97 Å². The van der Waals surface area contributed by atoms with Gasteiger partial charge in [-0.1, -0.05) is 6.58 Å². The van der Waals surface area contributed by atoms with Crippen LogP contribution < -0.4 is 4.90 Å². The summed E-state index contributed by atoms with van der Waals surface area (Å²) in [6, 6.07) is 1.83. The van der Waals surface area contributed by atoms with E-state index in [-0.39, 0.29) is 0 Å². The van der Waals surface area contributed by atoms with Crippen LogP contribution in [0.1, 0.15) is 36.3 Å². The fraction of sp³-hybridized carbons (Fsp3) is 0.389. The second-order valence-electron chi connectivity index (χ2n) is 5.64. The zero-order valence-electron chi connectivity index (χ0n) is 14.2. The van der Waals surface area contributed by atoms with Crippen molar-refractivity contribution in [2.45, 2.75) is 32.7 Å². The first kappa shape index (κ1) is 16.2. The van der Waals surface area contributed by atoms with E-state index in [9.17, 15) is 0 Å². The highest BCUT2D eigenvalue weighted by molar-refractivity contribution is 6.05. The number of allylic oxidation sites excluding steroid dienone is 1. The van der Waals surface area contributed by atoms with Gasteiger partial charge in [0.1, 0.15) is 17.4 Å². The fourth-order valence-electron chi connectivity index (χ4n) is 2.99. The maximum atomic E-state index is 4.81. The number of anilines is 1. The van der Waals surface area contributed by atoms with Crippen molar-refractivity contribution in [2.24, 2.45) is 4.99 Å². The third kappa shape index (κ3) is 3.18. The van der Waals surface area contributed by atoms with Crippen LogP contribution in [0.3, 0.4) is 0 Å². The summed E-state index contributed by atoms with van der Waals surface area (Å²) in [4.78, 5) is 24.7. The SMILES string of the molecule is C=CC(=NC)c1nc2c(c(N(CC)Cc3ncccn3)n1)CCC2. The zero-order chi connectivity index (χ0) is 16.9. The molecule has 1 aliphatic carbocycles. The minimum Gasteiger partial charge on any atom is -0.349 e. The van der Waals surface area contributed by atoms with Crippen molar-refractivity contribution in [1.29, 1.82) is 0 Å². The minimum atomic E-state index is 0.632. The summed E-state index contributed by atoms with van der Waals surface area (Å²) in [6.07, 6.45) is 8.37. The van der Waals surface area contributed by atoms with Crippen LogP contribution >= 0.6 is 0 Å². The van der Waals surface area contributed by atoms with Crippen LogP contribution in [0.15, 0.2) is 36.1 Å². The summed E-state index contributed by atoms with van der Waals surface area (Å²) in [6.45, 7) is 7.40. The normalized spacial score (nSPS) is 13.7. The quantitative estimate of drug-likeness (QED) is 0.764. The molecule has 0 atom stereocenters. The number of aliphatic imine (C=N–C) groups is 1. The van der Waals surface area contributed by atoms with Crippen LogP contribution in [0.5, 0.6) is 0 Å². The van der Waals surface area contributed by atoms with Crippen molar-refractivity contribution in [3.05, 3.63) is 54.0 Å². The molecule has 0 aromatic carbocycles. The molecule has 6 heteroatoms. The van der Waals surface area contributed by atoms with E-state index in [0.29, 0.717) is 12.4 Å². The number of nitrogens with zero attached hydrogens (tertiary/aromatic N) is 6. The van der Waals surface area contributed by atoms with Gasteiger partial charge in [-0.3, -0.25) is 4.99 Å². The molecular formula is C18H22N6. The highest BCUT2D eigenvalue weighted by Crippen LogP contribution is 2.29. The molecule has 0 fully saturated rings. The Morgan fingerprint density at radius 1 is 1.29 bits per heavy atom. The molecule has 124 valence electrons. The molecule has 0 amide bonds. The Morgan fingerprint density at radius 3 is 2.75 bits per heavy atom. The lowest BCUT2D eigenvalue weighted by atomic mass is 10.2. The Balaban J connectivity index is 2.03. The Bertz CT molecular complexity index is 754. The molecule has 0 bridgehead atoms. The van der Waals surface area contributed by atoms with Gasteiger partial charge in [-0.2, -0.15) is 0 Å². The van der Waals surface area contributed by atoms with Gasteiger partial charge in [-0.15, -0.1) is 0 Å². The molecule has 24 heavy (non-hydrogen) atoms. The highest BCUT2D eigenvalue weighted by atomic mass is 15.2. The van der Waals surface area contributed by atoms with Gasteiger partial charge in [0.2, 0.25) is 0 Å². The van der Waals surface area contributed by atoms with Crippen LogP contribution in [-0.4, -0.2) is 39.2 Å². The largest absolute Gasteiger partial charge is 0.349 e. The smallest absolute Gasteiger partial charge is 0.179 e. The summed E-state index contributed by atoms with van der Waals surface area (Å²) in [7, 11) is 1.74. The number of hydrogen-bond donors (Lipinski definition) is 0. The topological polar surface area (TPSA) is 67.2 Å². The molecule has 0 unspecified atom stereocenters. The van der Waals surface area contributed by atoms with Crippen molar-refractivity contribution < 1.29 is 0 Å². The van der Waals surface area contributed by atoms with Gasteiger partial charge >= 0.3 is 0 Å². The standard InChI is InChI=1S/C18H22N6/c1-4-14(19-3)17-22-15-9-6-8-13(15)18(23-17)24(5-2)12-16-20-10-7-11-21-16/h4,7,10-11H,1,5-6,8-9,12H2,2-3H3. The number of aromatic nitrogens is 4. The van der Waals surface area contributed by atoms with Gasteiger partial charge < -0.3 is 4.90 Å². The Morgan fingerprint density at radius 2 is 2.08 bits per heavy atom. The zero-order valence-corrected chi connectivity index (χ0v) is 14.2. The molecule has 2 heterocycles. The van der Waals surface area contributed by atoms with Gasteiger partial charge in [-0.05, 0) is 38.3 Å². The highest BCUT2D eigenvalue weighted by Gasteiger charge is 2.23. The third-order valence-electron chi connectivity index (χ3n) is 4.21. The van der Waals surface area contributed by atoms with Crippen LogP contribution in [0.25, 0.3) is 0 Å². The van der Waals surface area contributed by atoms with E-state index in [1.54, 1.807) is 25.5 Å². The van der Waals surface area contributed by atoms with Crippen molar-refractivity contribution in [2.75, 3.05) is 18.5 Å². The first-order valence-corrected chi connectivity index (χ1v) is 8.27. The molecule has 0 N–H and O–H groups in total. The molecule has 3 rings (SSSR count). The van der Waals surface area contributed by atoms with Crippen molar-refractivity contribution >= 4 is 11.5 Å². The number of hydrogen-bond acceptors (Lipinski definition) is 6. The number of rotatable bonds is 6. The lowest BCUT2D eigenvalue weighted by Crippen LogP contribution is -2.27. The molecular weight excluding hydrogens is 300 g/mol. The van der Waals surface area contributed by atoms with Crippen LogP contribution in [-0.2, 0) is 19.4 Å². The second-order valence-corrected chi connectivity index (χ2v) is 5.64. The molecule has 0 saturated carbocycles. The van der Waals surface area contributed by atoms with Crippen LogP contribution in [0.4, 0.5) is 5.82 Å². The van der Waals surface area contributed by atoms with Crippen LogP contribution in [0.2, 0.25) is 0 Å². The van der Waals surface area contributed by atoms with Gasteiger partial charge in [0.25, 0.3) is 0 Å². The average Bonchev–Trinajstić information content (AvgIpc) is 3.10. The summed E-state index contributed by atoms with van der Waals surface area (Å²) >= 11 is 0. The molecule has 0 saturated heterocycles. The lowest BCUT2D eigenvalue weighted by molar-refractivity contribution is 0.757. The number of aryl methyl sites for hydroxylation is 1. The van der Waals surface area contributed by atoms with Gasteiger partial charge in [0.15, 0.2) is 5.82 Å². The van der Waals surface area contributed by atoms with E-state index >= 15 is 0 Å². The van der Waals surface area contributed by atoms with Gasteiger partial charge in [0.05, 0.1) is 6.54 Å². The fourth-order valence-corrected chi connectivity index (χ4v) is 2.99. The molecule has 2 aromatic rings. The summed E-state index contributed by atoms with van der Waals surface area (Å²) in [5, 5.41) is 0. The second kappa shape index (κ2) is 7.29. The summed E-state index contributed by atoms with van der Waals surface area (Å²) < 4.78 is 0. The Hall–Kier alpha value is -2.63. The molecule has 0 radical (unpaired) electrons. The Labute approximate surface area is 142 Å². The predicted molar refractivity (Wildman–Crippen MR) is 95.5 cm³/mol. The number of fused-ring (bicyclic) bond motifs is 1. The summed E-state index contributed by atoms with van der Waals surface area (Å²) in [5.74, 6) is 2.42. The van der Waals surface area contributed by atoms with Crippen LogP contribution in [0, 0.1) is 0 Å². The van der Waals surface area contributed by atoms with E-state index in [2.05, 4.69) is 33.4 Å². The van der Waals surface area contributed by atoms with E-state index in [1.165, 1.54) is 5.56 Å². The summed E-state index contributed by atoms with van der Waals surface area (Å²) in [5.41, 5.74) is 3.10. The minimum absolute atomic E-state index is 0.632.